The molecular weight excluding hydrogens is 451 g/mol. The van der Waals surface area contributed by atoms with Crippen LogP contribution in [0.5, 0.6) is 5.75 Å². The van der Waals surface area contributed by atoms with Crippen molar-refractivity contribution in [2.24, 2.45) is 5.73 Å². The molecule has 4 rings (SSSR count). The smallest absolute Gasteiger partial charge is 0.269 e. The molecule has 34 heavy (non-hydrogen) atoms. The minimum atomic E-state index is -2.77. The largest absolute Gasteiger partial charge is 0.496 e. The van der Waals surface area contributed by atoms with E-state index in [1.165, 1.54) is 19.2 Å². The molecule has 1 heterocycles. The molecular formula is C23H22F3N5O3. The van der Waals surface area contributed by atoms with Gasteiger partial charge in [-0.1, -0.05) is 24.3 Å². The Bertz CT molecular complexity index is 1250. The number of aromatic nitrogens is 2. The third kappa shape index (κ3) is 4.41. The first kappa shape index (κ1) is 23.1. The molecule has 0 aliphatic heterocycles. The second-order valence-corrected chi connectivity index (χ2v) is 8.09. The van der Waals surface area contributed by atoms with E-state index in [9.17, 15) is 22.8 Å². The summed E-state index contributed by atoms with van der Waals surface area (Å²) in [5.74, 6) is 1.13. The lowest BCUT2D eigenvalue weighted by atomic mass is 9.81. The van der Waals surface area contributed by atoms with Gasteiger partial charge < -0.3 is 21.6 Å². The lowest BCUT2D eigenvalue weighted by Gasteiger charge is -2.34. The Hall–Kier alpha value is -4.02. The average Bonchev–Trinajstić information content (AvgIpc) is 3.13. The summed E-state index contributed by atoms with van der Waals surface area (Å²) in [5, 5.41) is 2.69. The van der Waals surface area contributed by atoms with E-state index in [0.29, 0.717) is 11.1 Å². The summed E-state index contributed by atoms with van der Waals surface area (Å²) in [4.78, 5) is 28.8. The molecule has 1 aliphatic rings. The lowest BCUT2D eigenvalue weighted by Crippen LogP contribution is -2.36. The van der Waals surface area contributed by atoms with Crippen molar-refractivity contribution in [3.63, 3.8) is 0 Å². The first-order valence-electron chi connectivity index (χ1n) is 10.4. The van der Waals surface area contributed by atoms with Gasteiger partial charge in [-0.05, 0) is 23.8 Å². The van der Waals surface area contributed by atoms with Crippen LogP contribution in [-0.4, -0.2) is 34.5 Å². The van der Waals surface area contributed by atoms with Crippen molar-refractivity contribution in [1.82, 2.24) is 15.0 Å². The fourth-order valence-electron chi connectivity index (χ4n) is 3.93. The van der Waals surface area contributed by atoms with Gasteiger partial charge in [-0.3, -0.25) is 9.59 Å². The first-order chi connectivity index (χ1) is 16.1. The number of methoxy groups -OCH3 is 1. The highest BCUT2D eigenvalue weighted by atomic mass is 19.3. The Morgan fingerprint density at radius 3 is 2.47 bits per heavy atom. The van der Waals surface area contributed by atoms with Gasteiger partial charge in [-0.2, -0.15) is 0 Å². The van der Waals surface area contributed by atoms with Gasteiger partial charge in [0.25, 0.3) is 11.8 Å². The van der Waals surface area contributed by atoms with Crippen LogP contribution in [0.15, 0.2) is 42.5 Å². The first-order valence-corrected chi connectivity index (χ1v) is 10.4. The predicted octanol–water partition coefficient (Wildman–Crippen LogP) is 2.95. The number of ether oxygens (including phenoxy) is 1. The average molecular weight is 473 g/mol. The van der Waals surface area contributed by atoms with E-state index in [1.54, 1.807) is 24.3 Å². The quantitative estimate of drug-likeness (QED) is 0.455. The van der Waals surface area contributed by atoms with Gasteiger partial charge in [-0.25, -0.2) is 22.8 Å². The van der Waals surface area contributed by atoms with Gasteiger partial charge in [0.2, 0.25) is 5.92 Å². The number of halogens is 3. The van der Waals surface area contributed by atoms with Gasteiger partial charge in [0, 0.05) is 30.9 Å². The molecule has 1 saturated carbocycles. The molecule has 2 amide bonds. The number of imidazole rings is 1. The van der Waals surface area contributed by atoms with Gasteiger partial charge in [-0.15, -0.1) is 0 Å². The van der Waals surface area contributed by atoms with Crippen LogP contribution in [0.2, 0.25) is 0 Å². The molecule has 1 aromatic heterocycles. The number of alkyl halides is 2. The number of carbonyl (C=O) groups is 2. The second-order valence-electron chi connectivity index (χ2n) is 8.09. The van der Waals surface area contributed by atoms with E-state index in [2.05, 4.69) is 10.3 Å². The van der Waals surface area contributed by atoms with E-state index in [4.69, 9.17) is 16.3 Å². The highest BCUT2D eigenvalue weighted by Gasteiger charge is 2.48. The normalized spacial score (nSPS) is 14.9. The van der Waals surface area contributed by atoms with Crippen molar-refractivity contribution in [3.05, 3.63) is 70.9 Å². The van der Waals surface area contributed by atoms with Crippen LogP contribution in [0.25, 0.3) is 11.3 Å². The van der Waals surface area contributed by atoms with Gasteiger partial charge >= 0.3 is 0 Å². The molecule has 3 aromatic rings. The number of nitrogen functional groups attached to an aromatic ring is 1. The van der Waals surface area contributed by atoms with E-state index < -0.39 is 42.3 Å². The van der Waals surface area contributed by atoms with Crippen molar-refractivity contribution in [1.29, 1.82) is 0 Å². The summed E-state index contributed by atoms with van der Waals surface area (Å²) in [7, 11) is 1.38. The number of nitrogens with zero attached hydrogens (tertiary/aromatic N) is 2. The maximum absolute atomic E-state index is 13.5. The zero-order chi connectivity index (χ0) is 24.6. The minimum Gasteiger partial charge on any atom is -0.496 e. The van der Waals surface area contributed by atoms with Crippen LogP contribution in [0.3, 0.4) is 0 Å². The molecule has 0 saturated heterocycles. The number of nitrogens with two attached hydrogens (primary N) is 2. The topological polar surface area (TPSA) is 125 Å². The molecule has 0 bridgehead atoms. The second kappa shape index (κ2) is 8.73. The number of hydrogen-bond acceptors (Lipinski definition) is 5. The summed E-state index contributed by atoms with van der Waals surface area (Å²) in [5.41, 5.74) is 6.86. The SMILES string of the molecule is COc1ccc(F)cc1C(=O)NCc1ccc(-c2nc(C3CC(F)(F)C3)n(N)c2C(N)=O)cc1. The predicted molar refractivity (Wildman–Crippen MR) is 117 cm³/mol. The molecule has 0 spiro atoms. The summed E-state index contributed by atoms with van der Waals surface area (Å²) < 4.78 is 46.2. The van der Waals surface area contributed by atoms with E-state index in [0.717, 1.165) is 10.7 Å². The highest BCUT2D eigenvalue weighted by molar-refractivity contribution is 5.98. The van der Waals surface area contributed by atoms with E-state index in [-0.39, 0.29) is 35.1 Å². The molecule has 1 fully saturated rings. The molecule has 11 heteroatoms. The van der Waals surface area contributed by atoms with Crippen LogP contribution >= 0.6 is 0 Å². The minimum absolute atomic E-state index is 0.0628. The maximum Gasteiger partial charge on any atom is 0.269 e. The Kier molecular flexibility index (Phi) is 5.94. The Labute approximate surface area is 192 Å². The van der Waals surface area contributed by atoms with Gasteiger partial charge in [0.05, 0.1) is 12.7 Å². The van der Waals surface area contributed by atoms with Crippen molar-refractivity contribution >= 4 is 11.8 Å². The monoisotopic (exact) mass is 473 g/mol. The zero-order valence-electron chi connectivity index (χ0n) is 18.1. The Balaban J connectivity index is 1.51. The fraction of sp³-hybridized carbons (Fsp3) is 0.261. The summed E-state index contributed by atoms with van der Waals surface area (Å²) >= 11 is 0. The summed E-state index contributed by atoms with van der Waals surface area (Å²) in [6.45, 7) is 0.134. The standard InChI is InChI=1S/C23H22F3N5O3/c1-34-17-7-6-15(24)8-16(17)22(33)29-11-12-2-4-13(5-3-12)18-19(20(27)32)31(28)21(30-18)14-9-23(25,26)10-14/h2-8,14H,9-11,28H2,1H3,(H2,27,32)(H,29,33). The zero-order valence-corrected chi connectivity index (χ0v) is 18.1. The van der Waals surface area contributed by atoms with Crippen LogP contribution in [0.4, 0.5) is 13.2 Å². The Morgan fingerprint density at radius 2 is 1.88 bits per heavy atom. The third-order valence-corrected chi connectivity index (χ3v) is 5.71. The van der Waals surface area contributed by atoms with Crippen LogP contribution in [0.1, 0.15) is 51.0 Å². The molecule has 178 valence electrons. The third-order valence-electron chi connectivity index (χ3n) is 5.71. The Morgan fingerprint density at radius 1 is 1.21 bits per heavy atom. The summed E-state index contributed by atoms with van der Waals surface area (Å²) in [6, 6.07) is 10.3. The molecule has 0 atom stereocenters. The van der Waals surface area contributed by atoms with Gasteiger partial charge in [0.1, 0.15) is 23.1 Å². The molecule has 0 radical (unpaired) electrons. The number of benzene rings is 2. The summed E-state index contributed by atoms with van der Waals surface area (Å²) in [6.07, 6.45) is -0.790. The van der Waals surface area contributed by atoms with Crippen molar-refractivity contribution in [2.45, 2.75) is 31.2 Å². The highest BCUT2D eigenvalue weighted by Crippen LogP contribution is 2.48. The van der Waals surface area contributed by atoms with E-state index >= 15 is 0 Å². The van der Waals surface area contributed by atoms with Crippen molar-refractivity contribution in [3.8, 4) is 17.0 Å². The number of hydrogen-bond donors (Lipinski definition) is 3. The molecule has 0 unspecified atom stereocenters. The molecule has 1 aliphatic carbocycles. The van der Waals surface area contributed by atoms with Crippen LogP contribution in [-0.2, 0) is 6.54 Å². The number of rotatable bonds is 7. The number of nitrogens with one attached hydrogen (secondary N) is 1. The molecule has 2 aromatic carbocycles. The van der Waals surface area contributed by atoms with Gasteiger partial charge in [0.15, 0.2) is 5.69 Å². The number of carbonyl (C=O) groups excluding carboxylic acids is 2. The number of amides is 2. The number of primary amides is 1. The fourth-order valence-corrected chi connectivity index (χ4v) is 3.93. The van der Waals surface area contributed by atoms with Crippen LogP contribution in [0, 0.1) is 5.82 Å². The molecule has 5 N–H and O–H groups in total. The van der Waals surface area contributed by atoms with Crippen LogP contribution < -0.4 is 21.6 Å². The van der Waals surface area contributed by atoms with E-state index in [1.807, 2.05) is 0 Å². The maximum atomic E-state index is 13.5. The molecule has 8 nitrogen and oxygen atoms in total. The van der Waals surface area contributed by atoms with Crippen molar-refractivity contribution < 1.29 is 27.5 Å². The lowest BCUT2D eigenvalue weighted by molar-refractivity contribution is -0.0888. The van der Waals surface area contributed by atoms with Crippen molar-refractivity contribution in [2.75, 3.05) is 13.0 Å².